The van der Waals surface area contributed by atoms with Gasteiger partial charge >= 0.3 is 0 Å². The van der Waals surface area contributed by atoms with E-state index in [4.69, 9.17) is 4.74 Å². The predicted molar refractivity (Wildman–Crippen MR) is 53.4 cm³/mol. The normalized spacial score (nSPS) is 16.0. The van der Waals surface area contributed by atoms with Crippen LogP contribution < -0.4 is 5.32 Å². The molecule has 0 aromatic heterocycles. The molecule has 1 N–H and O–H groups in total. The van der Waals surface area contributed by atoms with E-state index in [9.17, 15) is 0 Å². The maximum absolute atomic E-state index is 5.54. The summed E-state index contributed by atoms with van der Waals surface area (Å²) in [6.45, 7) is 8.31. The van der Waals surface area contributed by atoms with E-state index < -0.39 is 0 Å². The molecule has 2 nitrogen and oxygen atoms in total. The minimum Gasteiger partial charge on any atom is -0.380 e. The Morgan fingerprint density at radius 1 is 1.25 bits per heavy atom. The number of likely N-dealkylation sites (N-methyl/N-ethyl adjacent to an activating group) is 1. The van der Waals surface area contributed by atoms with E-state index >= 15 is 0 Å². The second-order valence-electron chi connectivity index (χ2n) is 3.62. The second kappa shape index (κ2) is 7.56. The maximum Gasteiger partial charge on any atom is 0.0616 e. The van der Waals surface area contributed by atoms with E-state index in [1.165, 1.54) is 12.8 Å². The first-order valence-electron chi connectivity index (χ1n) is 4.95. The Hall–Kier alpha value is -0.0800. The highest BCUT2D eigenvalue weighted by Crippen LogP contribution is 2.04. The summed E-state index contributed by atoms with van der Waals surface area (Å²) in [4.78, 5) is 0. The molecular weight excluding hydrogens is 150 g/mol. The van der Waals surface area contributed by atoms with E-state index in [-0.39, 0.29) is 0 Å². The summed E-state index contributed by atoms with van der Waals surface area (Å²) in [5.41, 5.74) is 0. The van der Waals surface area contributed by atoms with Gasteiger partial charge < -0.3 is 10.1 Å². The number of hydrogen-bond donors (Lipinski definition) is 1. The topological polar surface area (TPSA) is 21.3 Å². The van der Waals surface area contributed by atoms with Crippen molar-refractivity contribution in [3.05, 3.63) is 0 Å². The van der Waals surface area contributed by atoms with Crippen LogP contribution in [0.15, 0.2) is 0 Å². The summed E-state index contributed by atoms with van der Waals surface area (Å²) in [6.07, 6.45) is 2.53. The largest absolute Gasteiger partial charge is 0.380 e. The van der Waals surface area contributed by atoms with Gasteiger partial charge in [0.2, 0.25) is 0 Å². The molecule has 0 aromatic carbocycles. The van der Waals surface area contributed by atoms with E-state index in [0.29, 0.717) is 12.0 Å². The molecule has 0 aromatic rings. The number of hydrogen-bond acceptors (Lipinski definition) is 2. The van der Waals surface area contributed by atoms with Gasteiger partial charge in [0.15, 0.2) is 0 Å². The minimum absolute atomic E-state index is 0.471. The van der Waals surface area contributed by atoms with Gasteiger partial charge in [0.25, 0.3) is 0 Å². The lowest BCUT2D eigenvalue weighted by molar-refractivity contribution is 0.0884. The van der Waals surface area contributed by atoms with E-state index in [1.807, 2.05) is 7.05 Å². The molecule has 0 spiro atoms. The Kier molecular flexibility index (Phi) is 7.51. The van der Waals surface area contributed by atoms with Crippen LogP contribution >= 0.6 is 0 Å². The van der Waals surface area contributed by atoms with Gasteiger partial charge in [0.05, 0.1) is 6.61 Å². The Bertz CT molecular complexity index is 95.8. The quantitative estimate of drug-likeness (QED) is 0.636. The SMILES string of the molecule is CCCC(C)COCC(C)NC. The fraction of sp³-hybridized carbons (Fsp3) is 1.00. The van der Waals surface area contributed by atoms with Crippen molar-refractivity contribution in [3.63, 3.8) is 0 Å². The smallest absolute Gasteiger partial charge is 0.0616 e. The van der Waals surface area contributed by atoms with Crippen LogP contribution in [-0.4, -0.2) is 26.3 Å². The molecule has 0 aliphatic heterocycles. The molecule has 2 heteroatoms. The Morgan fingerprint density at radius 2 is 1.92 bits per heavy atom. The number of rotatable bonds is 7. The monoisotopic (exact) mass is 173 g/mol. The fourth-order valence-electron chi connectivity index (χ4n) is 1.11. The van der Waals surface area contributed by atoms with Crippen molar-refractivity contribution >= 4 is 0 Å². The summed E-state index contributed by atoms with van der Waals surface area (Å²) < 4.78 is 5.54. The third kappa shape index (κ3) is 6.62. The lowest BCUT2D eigenvalue weighted by Crippen LogP contribution is -2.27. The van der Waals surface area contributed by atoms with Crippen molar-refractivity contribution in [2.24, 2.45) is 5.92 Å². The molecule has 0 heterocycles. The van der Waals surface area contributed by atoms with Gasteiger partial charge in [-0.25, -0.2) is 0 Å². The van der Waals surface area contributed by atoms with Crippen LogP contribution in [0.1, 0.15) is 33.6 Å². The molecule has 12 heavy (non-hydrogen) atoms. The van der Waals surface area contributed by atoms with Crippen molar-refractivity contribution in [1.82, 2.24) is 5.32 Å². The standard InChI is InChI=1S/C10H23NO/c1-5-6-9(2)7-12-8-10(3)11-4/h9-11H,5-8H2,1-4H3. The number of nitrogens with one attached hydrogen (secondary N) is 1. The average molecular weight is 173 g/mol. The highest BCUT2D eigenvalue weighted by atomic mass is 16.5. The molecule has 0 aliphatic rings. The molecule has 0 amide bonds. The van der Waals surface area contributed by atoms with Crippen LogP contribution in [-0.2, 0) is 4.74 Å². The van der Waals surface area contributed by atoms with Gasteiger partial charge in [0, 0.05) is 12.6 Å². The molecule has 2 atom stereocenters. The van der Waals surface area contributed by atoms with Gasteiger partial charge in [-0.1, -0.05) is 20.3 Å². The summed E-state index contributed by atoms with van der Waals surface area (Å²) in [5.74, 6) is 0.707. The van der Waals surface area contributed by atoms with Crippen LogP contribution in [0.5, 0.6) is 0 Å². The molecule has 0 fully saturated rings. The predicted octanol–water partition coefficient (Wildman–Crippen LogP) is 2.05. The fourth-order valence-corrected chi connectivity index (χ4v) is 1.11. The highest BCUT2D eigenvalue weighted by Gasteiger charge is 2.02. The van der Waals surface area contributed by atoms with Crippen molar-refractivity contribution < 1.29 is 4.74 Å². The van der Waals surface area contributed by atoms with Gasteiger partial charge in [0.1, 0.15) is 0 Å². The van der Waals surface area contributed by atoms with Crippen molar-refractivity contribution in [2.45, 2.75) is 39.7 Å². The first-order valence-corrected chi connectivity index (χ1v) is 4.95. The van der Waals surface area contributed by atoms with Crippen LogP contribution in [0.2, 0.25) is 0 Å². The van der Waals surface area contributed by atoms with Crippen LogP contribution in [0.3, 0.4) is 0 Å². The first-order chi connectivity index (χ1) is 5.70. The van der Waals surface area contributed by atoms with Gasteiger partial charge in [-0.15, -0.1) is 0 Å². The zero-order valence-corrected chi connectivity index (χ0v) is 8.89. The van der Waals surface area contributed by atoms with Gasteiger partial charge in [-0.3, -0.25) is 0 Å². The Balaban J connectivity index is 3.18. The summed E-state index contributed by atoms with van der Waals surface area (Å²) in [6, 6.07) is 0.471. The van der Waals surface area contributed by atoms with Crippen LogP contribution in [0.4, 0.5) is 0 Å². The van der Waals surface area contributed by atoms with Crippen molar-refractivity contribution in [2.75, 3.05) is 20.3 Å². The third-order valence-corrected chi connectivity index (χ3v) is 2.04. The van der Waals surface area contributed by atoms with Crippen LogP contribution in [0.25, 0.3) is 0 Å². The highest BCUT2D eigenvalue weighted by molar-refractivity contribution is 4.55. The minimum atomic E-state index is 0.471. The Labute approximate surface area is 76.7 Å². The van der Waals surface area contributed by atoms with Gasteiger partial charge in [-0.05, 0) is 26.3 Å². The average Bonchev–Trinajstić information content (AvgIpc) is 2.04. The lowest BCUT2D eigenvalue weighted by Gasteiger charge is -2.14. The van der Waals surface area contributed by atoms with Gasteiger partial charge in [-0.2, -0.15) is 0 Å². The molecule has 0 saturated carbocycles. The molecule has 0 saturated heterocycles. The zero-order chi connectivity index (χ0) is 9.40. The molecule has 0 radical (unpaired) electrons. The van der Waals surface area contributed by atoms with Crippen LogP contribution in [0, 0.1) is 5.92 Å². The van der Waals surface area contributed by atoms with E-state index in [0.717, 1.165) is 13.2 Å². The third-order valence-electron chi connectivity index (χ3n) is 2.04. The summed E-state index contributed by atoms with van der Waals surface area (Å²) in [7, 11) is 1.96. The molecule has 0 rings (SSSR count). The molecule has 0 bridgehead atoms. The second-order valence-corrected chi connectivity index (χ2v) is 3.62. The van der Waals surface area contributed by atoms with E-state index in [2.05, 4.69) is 26.1 Å². The summed E-state index contributed by atoms with van der Waals surface area (Å²) >= 11 is 0. The molecular formula is C10H23NO. The summed E-state index contributed by atoms with van der Waals surface area (Å²) in [5, 5.41) is 3.15. The number of ether oxygens (including phenoxy) is 1. The Morgan fingerprint density at radius 3 is 2.42 bits per heavy atom. The zero-order valence-electron chi connectivity index (χ0n) is 8.89. The lowest BCUT2D eigenvalue weighted by atomic mass is 10.1. The van der Waals surface area contributed by atoms with Crippen molar-refractivity contribution in [3.8, 4) is 0 Å². The van der Waals surface area contributed by atoms with Crippen molar-refractivity contribution in [1.29, 1.82) is 0 Å². The molecule has 0 aliphatic carbocycles. The molecule has 2 unspecified atom stereocenters. The molecule has 74 valence electrons. The first kappa shape index (κ1) is 11.9. The maximum atomic E-state index is 5.54. The van der Waals surface area contributed by atoms with E-state index in [1.54, 1.807) is 0 Å².